The summed E-state index contributed by atoms with van der Waals surface area (Å²) in [6.45, 7) is 0. The fraction of sp³-hybridized carbons (Fsp3) is 0. The van der Waals surface area contributed by atoms with Crippen LogP contribution in [0.4, 0.5) is 5.69 Å². The summed E-state index contributed by atoms with van der Waals surface area (Å²) >= 11 is 0. The molecular formula is C24H16N4O2. The highest BCUT2D eigenvalue weighted by Crippen LogP contribution is 2.26. The second kappa shape index (κ2) is 8.25. The molecule has 0 unspecified atom stereocenters. The summed E-state index contributed by atoms with van der Waals surface area (Å²) in [7, 11) is 0. The van der Waals surface area contributed by atoms with E-state index in [1.54, 1.807) is 84.9 Å². The standard InChI is InChI=1S/C24H16N4O2/c25-16-20-21(26-24(30)18-12-6-2-7-13-18)22(23(29)17-10-4-1-5-11-17)27-28(20)19-14-8-3-9-15-19/h1-15H,(H,26,30). The third-order valence-electron chi connectivity index (χ3n) is 4.52. The van der Waals surface area contributed by atoms with Crippen molar-refractivity contribution >= 4 is 17.4 Å². The van der Waals surface area contributed by atoms with Crippen LogP contribution in [0.3, 0.4) is 0 Å². The summed E-state index contributed by atoms with van der Waals surface area (Å²) in [5.74, 6) is -0.813. The fourth-order valence-corrected chi connectivity index (χ4v) is 3.06. The number of hydrogen-bond acceptors (Lipinski definition) is 4. The number of rotatable bonds is 5. The highest BCUT2D eigenvalue weighted by atomic mass is 16.2. The average molecular weight is 392 g/mol. The molecule has 3 aromatic carbocycles. The Hall–Kier alpha value is -4.50. The van der Waals surface area contributed by atoms with Crippen molar-refractivity contribution in [1.82, 2.24) is 9.78 Å². The lowest BCUT2D eigenvalue weighted by atomic mass is 10.1. The third-order valence-corrected chi connectivity index (χ3v) is 4.52. The Morgan fingerprint density at radius 2 is 1.33 bits per heavy atom. The number of aromatic nitrogens is 2. The first kappa shape index (κ1) is 18.8. The maximum absolute atomic E-state index is 13.2. The molecule has 1 N–H and O–H groups in total. The Kier molecular flexibility index (Phi) is 5.18. The van der Waals surface area contributed by atoms with Gasteiger partial charge in [-0.15, -0.1) is 0 Å². The predicted molar refractivity (Wildman–Crippen MR) is 113 cm³/mol. The lowest BCUT2D eigenvalue weighted by molar-refractivity contribution is 0.102. The first-order valence-electron chi connectivity index (χ1n) is 9.23. The summed E-state index contributed by atoms with van der Waals surface area (Å²) in [6.07, 6.45) is 0. The summed E-state index contributed by atoms with van der Waals surface area (Å²) in [5.41, 5.74) is 1.60. The van der Waals surface area contributed by atoms with E-state index in [4.69, 9.17) is 0 Å². The van der Waals surface area contributed by atoms with E-state index in [2.05, 4.69) is 16.5 Å². The molecule has 0 radical (unpaired) electrons. The lowest BCUT2D eigenvalue weighted by Gasteiger charge is -2.06. The number of ketones is 1. The zero-order valence-corrected chi connectivity index (χ0v) is 15.8. The van der Waals surface area contributed by atoms with E-state index in [1.165, 1.54) is 4.68 Å². The van der Waals surface area contributed by atoms with Crippen molar-refractivity contribution in [3.05, 3.63) is 114 Å². The zero-order valence-electron chi connectivity index (χ0n) is 15.8. The van der Waals surface area contributed by atoms with Gasteiger partial charge < -0.3 is 5.32 Å². The van der Waals surface area contributed by atoms with Crippen LogP contribution >= 0.6 is 0 Å². The van der Waals surface area contributed by atoms with Crippen LogP contribution in [-0.4, -0.2) is 21.5 Å². The minimum Gasteiger partial charge on any atom is -0.318 e. The molecule has 0 saturated carbocycles. The van der Waals surface area contributed by atoms with Crippen LogP contribution in [-0.2, 0) is 0 Å². The minimum absolute atomic E-state index is 0.00545. The van der Waals surface area contributed by atoms with Crippen molar-refractivity contribution in [3.8, 4) is 11.8 Å². The number of nitrogens with one attached hydrogen (secondary N) is 1. The van der Waals surface area contributed by atoms with Crippen molar-refractivity contribution in [2.45, 2.75) is 0 Å². The van der Waals surface area contributed by atoms with Crippen molar-refractivity contribution in [2.24, 2.45) is 0 Å². The molecular weight excluding hydrogens is 376 g/mol. The Labute approximate surface area is 173 Å². The van der Waals surface area contributed by atoms with E-state index in [0.29, 0.717) is 16.8 Å². The second-order valence-corrected chi connectivity index (χ2v) is 6.45. The zero-order chi connectivity index (χ0) is 20.9. The van der Waals surface area contributed by atoms with Crippen LogP contribution < -0.4 is 5.32 Å². The number of benzene rings is 3. The van der Waals surface area contributed by atoms with Crippen LogP contribution in [0.2, 0.25) is 0 Å². The normalized spacial score (nSPS) is 10.2. The number of amides is 1. The van der Waals surface area contributed by atoms with Crippen LogP contribution in [0.15, 0.2) is 91.0 Å². The molecule has 1 amide bonds. The van der Waals surface area contributed by atoms with Crippen molar-refractivity contribution in [2.75, 3.05) is 5.32 Å². The number of hydrogen-bond donors (Lipinski definition) is 1. The third kappa shape index (κ3) is 3.60. The molecule has 0 bridgehead atoms. The molecule has 4 rings (SSSR count). The van der Waals surface area contributed by atoms with Gasteiger partial charge in [0.05, 0.1) is 5.69 Å². The highest BCUT2D eigenvalue weighted by Gasteiger charge is 2.26. The largest absolute Gasteiger partial charge is 0.318 e. The topological polar surface area (TPSA) is 87.8 Å². The van der Waals surface area contributed by atoms with E-state index >= 15 is 0 Å². The first-order valence-corrected chi connectivity index (χ1v) is 9.23. The monoisotopic (exact) mass is 392 g/mol. The number of carbonyl (C=O) groups is 2. The van der Waals surface area contributed by atoms with Gasteiger partial charge in [0.2, 0.25) is 5.78 Å². The number of carbonyl (C=O) groups excluding carboxylic acids is 2. The van der Waals surface area contributed by atoms with Gasteiger partial charge in [-0.1, -0.05) is 66.7 Å². The molecule has 0 atom stereocenters. The maximum atomic E-state index is 13.2. The van der Waals surface area contributed by atoms with E-state index in [0.717, 1.165) is 0 Å². The van der Waals surface area contributed by atoms with Crippen molar-refractivity contribution < 1.29 is 9.59 Å². The van der Waals surface area contributed by atoms with Crippen molar-refractivity contribution in [3.63, 3.8) is 0 Å². The molecule has 0 aliphatic rings. The SMILES string of the molecule is N#Cc1c(NC(=O)c2ccccc2)c(C(=O)c2ccccc2)nn1-c1ccccc1. The van der Waals surface area contributed by atoms with Gasteiger partial charge in [0.25, 0.3) is 5.91 Å². The second-order valence-electron chi connectivity index (χ2n) is 6.45. The Bertz CT molecular complexity index is 1240. The molecule has 0 spiro atoms. The average Bonchev–Trinajstić information content (AvgIpc) is 3.18. The van der Waals surface area contributed by atoms with E-state index in [1.807, 2.05) is 6.07 Å². The molecule has 30 heavy (non-hydrogen) atoms. The van der Waals surface area contributed by atoms with Gasteiger partial charge >= 0.3 is 0 Å². The fourth-order valence-electron chi connectivity index (χ4n) is 3.06. The molecule has 0 saturated heterocycles. The minimum atomic E-state index is -0.429. The van der Waals surface area contributed by atoms with Crippen molar-refractivity contribution in [1.29, 1.82) is 5.26 Å². The predicted octanol–water partition coefficient (Wildman–Crippen LogP) is 4.23. The molecule has 6 heteroatoms. The molecule has 0 aliphatic heterocycles. The number of para-hydroxylation sites is 1. The molecule has 6 nitrogen and oxygen atoms in total. The lowest BCUT2D eigenvalue weighted by Crippen LogP contribution is -2.15. The van der Waals surface area contributed by atoms with Gasteiger partial charge in [-0.05, 0) is 24.3 Å². The van der Waals surface area contributed by atoms with Gasteiger partial charge in [0, 0.05) is 11.1 Å². The van der Waals surface area contributed by atoms with Gasteiger partial charge in [-0.25, -0.2) is 4.68 Å². The van der Waals surface area contributed by atoms with E-state index in [-0.39, 0.29) is 22.9 Å². The molecule has 1 aromatic heterocycles. The highest BCUT2D eigenvalue weighted by molar-refractivity contribution is 6.15. The van der Waals surface area contributed by atoms with Crippen LogP contribution in [0.1, 0.15) is 32.1 Å². The first-order chi connectivity index (χ1) is 14.7. The molecule has 144 valence electrons. The summed E-state index contributed by atoms with van der Waals surface area (Å²) < 4.78 is 1.37. The number of nitriles is 1. The number of nitrogens with zero attached hydrogens (tertiary/aromatic N) is 3. The number of anilines is 1. The molecule has 1 heterocycles. The summed E-state index contributed by atoms with van der Waals surface area (Å²) in [5, 5.41) is 17.0. The van der Waals surface area contributed by atoms with Gasteiger partial charge in [0.1, 0.15) is 11.8 Å². The Balaban J connectivity index is 1.85. The van der Waals surface area contributed by atoms with E-state index < -0.39 is 5.91 Å². The Morgan fingerprint density at radius 1 is 0.800 bits per heavy atom. The quantitative estimate of drug-likeness (QED) is 0.515. The van der Waals surface area contributed by atoms with Gasteiger partial charge in [0.15, 0.2) is 11.4 Å². The van der Waals surface area contributed by atoms with Crippen LogP contribution in [0, 0.1) is 11.3 Å². The van der Waals surface area contributed by atoms with Crippen LogP contribution in [0.5, 0.6) is 0 Å². The van der Waals surface area contributed by atoms with Gasteiger partial charge in [-0.2, -0.15) is 10.4 Å². The maximum Gasteiger partial charge on any atom is 0.255 e. The van der Waals surface area contributed by atoms with E-state index in [9.17, 15) is 14.9 Å². The molecule has 0 aliphatic carbocycles. The van der Waals surface area contributed by atoms with Gasteiger partial charge in [-0.3, -0.25) is 9.59 Å². The molecule has 0 fully saturated rings. The summed E-state index contributed by atoms with van der Waals surface area (Å²) in [4.78, 5) is 25.9. The van der Waals surface area contributed by atoms with Crippen LogP contribution in [0.25, 0.3) is 5.69 Å². The molecule has 4 aromatic rings. The Morgan fingerprint density at radius 3 is 1.90 bits per heavy atom. The smallest absolute Gasteiger partial charge is 0.255 e. The summed E-state index contributed by atoms with van der Waals surface area (Å²) in [6, 6.07) is 28.3.